The van der Waals surface area contributed by atoms with Gasteiger partial charge in [0.25, 0.3) is 0 Å². The molecule has 2 aromatic heterocycles. The number of pyridine rings is 1. The van der Waals surface area contributed by atoms with Crippen LogP contribution < -0.4 is 5.43 Å². The fourth-order valence-electron chi connectivity index (χ4n) is 3.42. The van der Waals surface area contributed by atoms with Gasteiger partial charge in [-0.3, -0.25) is 4.79 Å². The molecule has 0 saturated heterocycles. The maximum atomic E-state index is 12.8. The van der Waals surface area contributed by atoms with Gasteiger partial charge >= 0.3 is 0 Å². The third-order valence-corrected chi connectivity index (χ3v) is 4.99. The second-order valence-electron chi connectivity index (χ2n) is 6.47. The highest BCUT2D eigenvalue weighted by Crippen LogP contribution is 2.22. The second kappa shape index (κ2) is 6.62. The number of benzene rings is 3. The van der Waals surface area contributed by atoms with Crippen LogP contribution in [-0.4, -0.2) is 14.7 Å². The maximum Gasteiger partial charge on any atom is 0.246 e. The Morgan fingerprint density at radius 1 is 0.857 bits per heavy atom. The van der Waals surface area contributed by atoms with Crippen molar-refractivity contribution in [2.75, 3.05) is 0 Å². The number of aromatic nitrogens is 3. The molecule has 0 N–H and O–H groups in total. The topological polar surface area (TPSA) is 60.9 Å². The Bertz CT molecular complexity index is 1310. The van der Waals surface area contributed by atoms with Crippen LogP contribution in [0.4, 0.5) is 0 Å². The van der Waals surface area contributed by atoms with E-state index in [0.29, 0.717) is 34.1 Å². The summed E-state index contributed by atoms with van der Waals surface area (Å²) in [5.74, 6) is 0.963. The predicted molar refractivity (Wildman–Crippen MR) is 110 cm³/mol. The first kappa shape index (κ1) is 16.7. The zero-order valence-electron chi connectivity index (χ0n) is 14.7. The summed E-state index contributed by atoms with van der Waals surface area (Å²) < 4.78 is 7.52. The fourth-order valence-corrected chi connectivity index (χ4v) is 3.54. The van der Waals surface area contributed by atoms with Crippen molar-refractivity contribution in [1.82, 2.24) is 14.7 Å². The fraction of sp³-hybridized carbons (Fsp3) is 0.0455. The number of fused-ring (bicyclic) bond motifs is 2. The number of halogens is 1. The normalized spacial score (nSPS) is 11.3. The summed E-state index contributed by atoms with van der Waals surface area (Å²) >= 11 is 5.94. The van der Waals surface area contributed by atoms with Gasteiger partial charge in [-0.05, 0) is 48.5 Å². The summed E-state index contributed by atoms with van der Waals surface area (Å²) in [6.07, 6.45) is 0. The van der Waals surface area contributed by atoms with E-state index in [0.717, 1.165) is 16.6 Å². The molecule has 0 fully saturated rings. The number of rotatable bonds is 3. The monoisotopic (exact) mass is 387 g/mol. The minimum absolute atomic E-state index is 0.0230. The largest absolute Gasteiger partial charge is 0.337 e. The van der Waals surface area contributed by atoms with E-state index in [9.17, 15) is 4.79 Å². The van der Waals surface area contributed by atoms with Crippen LogP contribution in [-0.2, 0) is 6.54 Å². The zero-order chi connectivity index (χ0) is 19.1. The minimum atomic E-state index is 0.0230. The first-order valence-electron chi connectivity index (χ1n) is 8.79. The van der Waals surface area contributed by atoms with Gasteiger partial charge in [0.2, 0.25) is 11.7 Å². The standard InChI is InChI=1S/C22H14ClN3O2/c23-15-11-9-14(10-12-15)22-24-20(28-25-22)13-26-18-7-3-1-5-16(18)21(27)17-6-2-4-8-19(17)26/h1-12H,13H2. The summed E-state index contributed by atoms with van der Waals surface area (Å²) in [6.45, 7) is 0.363. The highest BCUT2D eigenvalue weighted by molar-refractivity contribution is 6.30. The van der Waals surface area contributed by atoms with Crippen LogP contribution in [0.3, 0.4) is 0 Å². The zero-order valence-corrected chi connectivity index (χ0v) is 15.4. The Balaban J connectivity index is 1.65. The van der Waals surface area contributed by atoms with Crippen molar-refractivity contribution in [2.45, 2.75) is 6.54 Å². The molecule has 3 aromatic carbocycles. The molecule has 136 valence electrons. The van der Waals surface area contributed by atoms with Crippen LogP contribution in [0.25, 0.3) is 33.2 Å². The molecule has 0 aliphatic carbocycles. The lowest BCUT2D eigenvalue weighted by atomic mass is 10.1. The molecule has 5 nitrogen and oxygen atoms in total. The number of nitrogens with zero attached hydrogens (tertiary/aromatic N) is 3. The van der Waals surface area contributed by atoms with Crippen molar-refractivity contribution in [3.05, 3.63) is 93.9 Å². The summed E-state index contributed by atoms with van der Waals surface area (Å²) in [5.41, 5.74) is 2.51. The van der Waals surface area contributed by atoms with E-state index in [1.54, 1.807) is 12.1 Å². The molecule has 0 aliphatic heterocycles. The highest BCUT2D eigenvalue weighted by Gasteiger charge is 2.14. The molecule has 0 radical (unpaired) electrons. The molecule has 2 heterocycles. The van der Waals surface area contributed by atoms with Crippen molar-refractivity contribution >= 4 is 33.4 Å². The second-order valence-corrected chi connectivity index (χ2v) is 6.90. The van der Waals surface area contributed by atoms with Crippen molar-refractivity contribution < 1.29 is 4.52 Å². The van der Waals surface area contributed by atoms with Crippen LogP contribution in [0.15, 0.2) is 82.1 Å². The lowest BCUT2D eigenvalue weighted by molar-refractivity contribution is 0.374. The van der Waals surface area contributed by atoms with E-state index in [4.69, 9.17) is 16.1 Å². The Morgan fingerprint density at radius 3 is 2.11 bits per heavy atom. The van der Waals surface area contributed by atoms with Crippen LogP contribution in [0.5, 0.6) is 0 Å². The van der Waals surface area contributed by atoms with Gasteiger partial charge in [-0.2, -0.15) is 4.98 Å². The first-order chi connectivity index (χ1) is 13.7. The Labute approximate surface area is 164 Å². The van der Waals surface area contributed by atoms with E-state index in [1.807, 2.05) is 65.2 Å². The number of para-hydroxylation sites is 2. The van der Waals surface area contributed by atoms with Crippen molar-refractivity contribution in [2.24, 2.45) is 0 Å². The first-order valence-corrected chi connectivity index (χ1v) is 9.17. The molecule has 5 aromatic rings. The SMILES string of the molecule is O=c1c2ccccc2n(Cc2nc(-c3ccc(Cl)cc3)no2)c2ccccc12. The van der Waals surface area contributed by atoms with Gasteiger partial charge in [-0.25, -0.2) is 0 Å². The smallest absolute Gasteiger partial charge is 0.246 e. The van der Waals surface area contributed by atoms with Crippen molar-refractivity contribution in [3.8, 4) is 11.4 Å². The van der Waals surface area contributed by atoms with E-state index < -0.39 is 0 Å². The summed E-state index contributed by atoms with van der Waals surface area (Å²) in [4.78, 5) is 17.4. The molecule has 6 heteroatoms. The van der Waals surface area contributed by atoms with E-state index in [1.165, 1.54) is 0 Å². The van der Waals surface area contributed by atoms with Crippen LogP contribution >= 0.6 is 11.6 Å². The van der Waals surface area contributed by atoms with E-state index in [-0.39, 0.29) is 5.43 Å². The third-order valence-electron chi connectivity index (χ3n) is 4.74. The molecule has 0 bridgehead atoms. The molecule has 28 heavy (non-hydrogen) atoms. The number of hydrogen-bond acceptors (Lipinski definition) is 4. The summed E-state index contributed by atoms with van der Waals surface area (Å²) in [6, 6.07) is 22.4. The lowest BCUT2D eigenvalue weighted by Crippen LogP contribution is -2.12. The Hall–Kier alpha value is -3.44. The average Bonchev–Trinajstić information content (AvgIpc) is 3.20. The molecule has 5 rings (SSSR count). The van der Waals surface area contributed by atoms with Gasteiger partial charge in [0.05, 0.1) is 11.0 Å². The van der Waals surface area contributed by atoms with Gasteiger partial charge in [0.15, 0.2) is 5.43 Å². The van der Waals surface area contributed by atoms with E-state index >= 15 is 0 Å². The molecule has 0 amide bonds. The molecule has 0 atom stereocenters. The Kier molecular flexibility index (Phi) is 3.95. The van der Waals surface area contributed by atoms with Crippen molar-refractivity contribution in [3.63, 3.8) is 0 Å². The molecule has 0 aliphatic rings. The van der Waals surface area contributed by atoms with Gasteiger partial charge in [0.1, 0.15) is 6.54 Å². The molecule has 0 spiro atoms. The van der Waals surface area contributed by atoms with Crippen LogP contribution in [0, 0.1) is 0 Å². The van der Waals surface area contributed by atoms with Gasteiger partial charge in [-0.15, -0.1) is 0 Å². The number of hydrogen-bond donors (Lipinski definition) is 0. The van der Waals surface area contributed by atoms with E-state index in [2.05, 4.69) is 10.1 Å². The summed E-state index contributed by atoms with van der Waals surface area (Å²) in [7, 11) is 0. The Morgan fingerprint density at radius 2 is 1.46 bits per heavy atom. The van der Waals surface area contributed by atoms with Gasteiger partial charge in [0, 0.05) is 21.4 Å². The molecular formula is C22H14ClN3O2. The molecule has 0 saturated carbocycles. The minimum Gasteiger partial charge on any atom is -0.337 e. The summed E-state index contributed by atoms with van der Waals surface area (Å²) in [5, 5.41) is 6.07. The van der Waals surface area contributed by atoms with Crippen molar-refractivity contribution in [1.29, 1.82) is 0 Å². The van der Waals surface area contributed by atoms with Crippen LogP contribution in [0.2, 0.25) is 5.02 Å². The quantitative estimate of drug-likeness (QED) is 0.413. The van der Waals surface area contributed by atoms with Gasteiger partial charge in [-0.1, -0.05) is 41.0 Å². The third kappa shape index (κ3) is 2.77. The lowest BCUT2D eigenvalue weighted by Gasteiger charge is -2.13. The molecular weight excluding hydrogens is 374 g/mol. The predicted octanol–water partition coefficient (Wildman–Crippen LogP) is 4.91. The maximum absolute atomic E-state index is 12.8. The van der Waals surface area contributed by atoms with Gasteiger partial charge < -0.3 is 9.09 Å². The highest BCUT2D eigenvalue weighted by atomic mass is 35.5. The molecule has 0 unspecified atom stereocenters. The van der Waals surface area contributed by atoms with Crippen LogP contribution in [0.1, 0.15) is 5.89 Å². The average molecular weight is 388 g/mol.